The molecule has 2 aromatic carbocycles. The van der Waals surface area contributed by atoms with E-state index in [0.29, 0.717) is 0 Å². The second-order valence-corrected chi connectivity index (χ2v) is 8.86. The van der Waals surface area contributed by atoms with E-state index in [0.717, 1.165) is 32.9 Å². The van der Waals surface area contributed by atoms with Crippen molar-refractivity contribution in [2.75, 3.05) is 0 Å². The van der Waals surface area contributed by atoms with Crippen LogP contribution in [0.4, 0.5) is 0 Å². The summed E-state index contributed by atoms with van der Waals surface area (Å²) in [5, 5.41) is 26.6. The standard InChI is InChI=1S/C26H29N5O5/c1-14(32)23(31-24(33)19(27)10-15-12-28-20-8-4-2-6-17(15)20)25(34)30-22(26(35)36)11-16-13-29-21-9-5-3-7-18(16)21/h2-9,12-14,19,22-23,28-29,32H,10-11,27H2,1H3,(H,30,34)(H,31,33)(H,35,36)/t14-,19+,22+,23+/m0/s1. The van der Waals surface area contributed by atoms with E-state index in [1.165, 1.54) is 6.92 Å². The highest BCUT2D eigenvalue weighted by Crippen LogP contribution is 2.20. The number of benzene rings is 2. The van der Waals surface area contributed by atoms with Crippen molar-refractivity contribution in [3.05, 3.63) is 72.1 Å². The van der Waals surface area contributed by atoms with E-state index in [2.05, 4.69) is 20.6 Å². The van der Waals surface area contributed by atoms with Crippen LogP contribution in [-0.4, -0.2) is 62.2 Å². The van der Waals surface area contributed by atoms with E-state index < -0.39 is 42.0 Å². The van der Waals surface area contributed by atoms with Crippen molar-refractivity contribution in [3.63, 3.8) is 0 Å². The molecule has 188 valence electrons. The summed E-state index contributed by atoms with van der Waals surface area (Å²) >= 11 is 0. The first-order valence-electron chi connectivity index (χ1n) is 11.6. The van der Waals surface area contributed by atoms with E-state index >= 15 is 0 Å². The van der Waals surface area contributed by atoms with Crippen molar-refractivity contribution < 1.29 is 24.6 Å². The van der Waals surface area contributed by atoms with Gasteiger partial charge in [-0.2, -0.15) is 0 Å². The Labute approximate surface area is 206 Å². The molecular weight excluding hydrogens is 462 g/mol. The maximum Gasteiger partial charge on any atom is 0.326 e. The number of hydrogen-bond acceptors (Lipinski definition) is 5. The van der Waals surface area contributed by atoms with E-state index in [1.807, 2.05) is 48.5 Å². The van der Waals surface area contributed by atoms with Crippen LogP contribution < -0.4 is 16.4 Å². The van der Waals surface area contributed by atoms with Gasteiger partial charge in [0, 0.05) is 40.6 Å². The quantitative estimate of drug-likeness (QED) is 0.175. The van der Waals surface area contributed by atoms with Crippen LogP contribution in [0.25, 0.3) is 21.8 Å². The van der Waals surface area contributed by atoms with Crippen LogP contribution in [-0.2, 0) is 27.2 Å². The molecule has 0 spiro atoms. The summed E-state index contributed by atoms with van der Waals surface area (Å²) in [5.74, 6) is -2.69. The Morgan fingerprint density at radius 1 is 0.861 bits per heavy atom. The molecule has 0 saturated heterocycles. The highest BCUT2D eigenvalue weighted by molar-refractivity contribution is 5.93. The number of carbonyl (C=O) groups excluding carboxylic acids is 2. The number of H-pyrrole nitrogens is 2. The third kappa shape index (κ3) is 5.40. The molecule has 4 rings (SSSR count). The lowest BCUT2D eigenvalue weighted by Crippen LogP contribution is -2.58. The molecule has 2 aromatic heterocycles. The van der Waals surface area contributed by atoms with Gasteiger partial charge in [0.2, 0.25) is 11.8 Å². The molecule has 0 fully saturated rings. The zero-order chi connectivity index (χ0) is 25.8. The van der Waals surface area contributed by atoms with E-state index in [1.54, 1.807) is 12.4 Å². The summed E-state index contributed by atoms with van der Waals surface area (Å²) in [5.41, 5.74) is 9.43. The summed E-state index contributed by atoms with van der Waals surface area (Å²) in [7, 11) is 0. The monoisotopic (exact) mass is 491 g/mol. The SMILES string of the molecule is C[C@H](O)[C@@H](NC(=O)[C@H](N)Cc1c[nH]c2ccccc12)C(=O)N[C@H](Cc1c[nH]c2ccccc12)C(=O)O. The summed E-state index contributed by atoms with van der Waals surface area (Å²) in [6.45, 7) is 1.34. The number of nitrogens with one attached hydrogen (secondary N) is 4. The van der Waals surface area contributed by atoms with Gasteiger partial charge in [-0.05, 0) is 36.6 Å². The van der Waals surface area contributed by atoms with Crippen molar-refractivity contribution >= 4 is 39.6 Å². The number of carboxylic acids is 1. The Morgan fingerprint density at radius 3 is 1.92 bits per heavy atom. The maximum absolute atomic E-state index is 12.9. The van der Waals surface area contributed by atoms with Gasteiger partial charge >= 0.3 is 5.97 Å². The van der Waals surface area contributed by atoms with Gasteiger partial charge in [-0.15, -0.1) is 0 Å². The first kappa shape index (κ1) is 25.0. The zero-order valence-corrected chi connectivity index (χ0v) is 19.7. The summed E-state index contributed by atoms with van der Waals surface area (Å²) < 4.78 is 0. The molecule has 4 atom stereocenters. The fourth-order valence-corrected chi connectivity index (χ4v) is 4.28. The van der Waals surface area contributed by atoms with E-state index in [4.69, 9.17) is 5.73 Å². The fourth-order valence-electron chi connectivity index (χ4n) is 4.28. The second-order valence-electron chi connectivity index (χ2n) is 8.86. The lowest BCUT2D eigenvalue weighted by Gasteiger charge is -2.24. The molecule has 0 bridgehead atoms. The van der Waals surface area contributed by atoms with Crippen LogP contribution in [0.2, 0.25) is 0 Å². The number of aromatic nitrogens is 2. The van der Waals surface area contributed by atoms with Crippen LogP contribution >= 0.6 is 0 Å². The highest BCUT2D eigenvalue weighted by Gasteiger charge is 2.31. The first-order valence-corrected chi connectivity index (χ1v) is 11.6. The minimum Gasteiger partial charge on any atom is -0.480 e. The molecule has 0 aliphatic carbocycles. The minimum atomic E-state index is -1.38. The van der Waals surface area contributed by atoms with Crippen molar-refractivity contribution in [2.45, 2.75) is 44.0 Å². The number of nitrogens with two attached hydrogens (primary N) is 1. The van der Waals surface area contributed by atoms with Gasteiger partial charge in [0.15, 0.2) is 0 Å². The Balaban J connectivity index is 1.42. The molecule has 0 unspecified atom stereocenters. The second kappa shape index (κ2) is 10.6. The molecule has 0 saturated carbocycles. The molecule has 2 heterocycles. The van der Waals surface area contributed by atoms with Crippen LogP contribution in [0.15, 0.2) is 60.9 Å². The molecule has 0 aliphatic heterocycles. The number of fused-ring (bicyclic) bond motifs is 2. The molecule has 36 heavy (non-hydrogen) atoms. The van der Waals surface area contributed by atoms with Gasteiger partial charge in [-0.1, -0.05) is 36.4 Å². The topological polar surface area (TPSA) is 173 Å². The summed E-state index contributed by atoms with van der Waals surface area (Å²) in [4.78, 5) is 43.8. The number of aliphatic hydroxyl groups is 1. The number of aliphatic carboxylic acids is 1. The molecule has 0 radical (unpaired) electrons. The predicted octanol–water partition coefficient (Wildman–Crippen LogP) is 1.20. The van der Waals surface area contributed by atoms with Crippen LogP contribution in [0.1, 0.15) is 18.1 Å². The lowest BCUT2D eigenvalue weighted by molar-refractivity contribution is -0.142. The number of para-hydroxylation sites is 2. The number of rotatable bonds is 10. The Hall–Kier alpha value is -4.15. The van der Waals surface area contributed by atoms with E-state index in [-0.39, 0.29) is 12.8 Å². The number of amides is 2. The molecule has 10 heteroatoms. The number of aromatic amines is 2. The average molecular weight is 492 g/mol. The zero-order valence-electron chi connectivity index (χ0n) is 19.7. The third-order valence-electron chi connectivity index (χ3n) is 6.23. The number of aliphatic hydroxyl groups excluding tert-OH is 1. The van der Waals surface area contributed by atoms with Crippen LogP contribution in [0.5, 0.6) is 0 Å². The molecular formula is C26H29N5O5. The third-order valence-corrected chi connectivity index (χ3v) is 6.23. The largest absolute Gasteiger partial charge is 0.480 e. The smallest absolute Gasteiger partial charge is 0.326 e. The van der Waals surface area contributed by atoms with Crippen LogP contribution in [0.3, 0.4) is 0 Å². The van der Waals surface area contributed by atoms with Crippen molar-refractivity contribution in [1.82, 2.24) is 20.6 Å². The highest BCUT2D eigenvalue weighted by atomic mass is 16.4. The fraction of sp³-hybridized carbons (Fsp3) is 0.269. The molecule has 4 aromatic rings. The van der Waals surface area contributed by atoms with Gasteiger partial charge in [0.25, 0.3) is 0 Å². The van der Waals surface area contributed by atoms with E-state index in [9.17, 15) is 24.6 Å². The molecule has 2 amide bonds. The molecule has 0 aliphatic rings. The first-order chi connectivity index (χ1) is 17.2. The summed E-state index contributed by atoms with van der Waals surface area (Å²) in [6.07, 6.45) is 2.42. The van der Waals surface area contributed by atoms with Gasteiger partial charge in [-0.3, -0.25) is 9.59 Å². The van der Waals surface area contributed by atoms with Gasteiger partial charge in [0.05, 0.1) is 12.1 Å². The normalized spacial score (nSPS) is 14.8. The minimum absolute atomic E-state index is 0.0195. The Kier molecular flexibility index (Phi) is 7.37. The maximum atomic E-state index is 12.9. The molecule has 10 nitrogen and oxygen atoms in total. The number of carboxylic acid groups (broad SMARTS) is 1. The predicted molar refractivity (Wildman–Crippen MR) is 135 cm³/mol. The van der Waals surface area contributed by atoms with Crippen molar-refractivity contribution in [1.29, 1.82) is 0 Å². The average Bonchev–Trinajstić information content (AvgIpc) is 3.46. The summed E-state index contributed by atoms with van der Waals surface area (Å²) in [6, 6.07) is 11.4. The van der Waals surface area contributed by atoms with Gasteiger partial charge < -0.3 is 36.5 Å². The van der Waals surface area contributed by atoms with Crippen molar-refractivity contribution in [2.24, 2.45) is 5.73 Å². The van der Waals surface area contributed by atoms with Gasteiger partial charge in [0.1, 0.15) is 12.1 Å². The number of hydrogen-bond donors (Lipinski definition) is 7. The number of carbonyl (C=O) groups is 3. The van der Waals surface area contributed by atoms with Crippen LogP contribution in [0, 0.1) is 0 Å². The Morgan fingerprint density at radius 2 is 1.39 bits per heavy atom. The molecule has 8 N–H and O–H groups in total. The van der Waals surface area contributed by atoms with Crippen molar-refractivity contribution in [3.8, 4) is 0 Å². The Bertz CT molecular complexity index is 1390. The lowest BCUT2D eigenvalue weighted by atomic mass is 10.0. The van der Waals surface area contributed by atoms with Gasteiger partial charge in [-0.25, -0.2) is 4.79 Å².